The van der Waals surface area contributed by atoms with Crippen LogP contribution in [0.5, 0.6) is 0 Å². The predicted octanol–water partition coefficient (Wildman–Crippen LogP) is 2.15. The summed E-state index contributed by atoms with van der Waals surface area (Å²) in [5.74, 6) is -1.78. The molecule has 10 heteroatoms. The molecule has 0 spiro atoms. The summed E-state index contributed by atoms with van der Waals surface area (Å²) in [7, 11) is 1.36. The highest BCUT2D eigenvalue weighted by molar-refractivity contribution is 7.20. The van der Waals surface area contributed by atoms with Crippen LogP contribution in [-0.4, -0.2) is 41.3 Å². The number of thiophene rings is 1. The Hall–Kier alpha value is -3.27. The Bertz CT molecular complexity index is 1030. The van der Waals surface area contributed by atoms with Crippen molar-refractivity contribution in [1.82, 2.24) is 20.4 Å². The zero-order valence-corrected chi connectivity index (χ0v) is 15.2. The molecule has 0 aliphatic carbocycles. The molecule has 2 heterocycles. The normalized spacial score (nSPS) is 10.6. The number of rotatable bonds is 4. The van der Waals surface area contributed by atoms with Gasteiger partial charge in [-0.25, -0.2) is 18.7 Å². The van der Waals surface area contributed by atoms with Gasteiger partial charge in [0.25, 0.3) is 5.91 Å². The van der Waals surface area contributed by atoms with Gasteiger partial charge in [-0.05, 0) is 37.3 Å². The summed E-state index contributed by atoms with van der Waals surface area (Å²) in [6.07, 6.45) is 0. The lowest BCUT2D eigenvalue weighted by molar-refractivity contribution is -0.123. The molecule has 0 fully saturated rings. The van der Waals surface area contributed by atoms with Gasteiger partial charge in [-0.1, -0.05) is 0 Å². The highest BCUT2D eigenvalue weighted by Crippen LogP contribution is 2.30. The molecule has 0 aliphatic heterocycles. The molecule has 3 amide bonds. The molecule has 1 aromatic carbocycles. The lowest BCUT2D eigenvalue weighted by atomic mass is 10.3. The molecule has 2 aromatic heterocycles. The van der Waals surface area contributed by atoms with E-state index in [1.807, 2.05) is 5.32 Å². The summed E-state index contributed by atoms with van der Waals surface area (Å²) in [6.45, 7) is 1.21. The van der Waals surface area contributed by atoms with E-state index in [9.17, 15) is 18.8 Å². The Kier molecular flexibility index (Phi) is 5.17. The smallest absolute Gasteiger partial charge is 0.348 e. The third-order valence-corrected chi connectivity index (χ3v) is 4.72. The number of carbonyl (C=O) groups excluding carboxylic acids is 3. The molecule has 3 rings (SSSR count). The number of aryl methyl sites for hydroxylation is 1. The lowest BCUT2D eigenvalue weighted by Gasteiger charge is -2.04. The fourth-order valence-corrected chi connectivity index (χ4v) is 3.41. The van der Waals surface area contributed by atoms with Crippen LogP contribution in [0.15, 0.2) is 30.3 Å². The van der Waals surface area contributed by atoms with Crippen LogP contribution < -0.4 is 10.6 Å². The van der Waals surface area contributed by atoms with Gasteiger partial charge in [-0.3, -0.25) is 10.1 Å². The summed E-state index contributed by atoms with van der Waals surface area (Å²) < 4.78 is 19.7. The minimum Gasteiger partial charge on any atom is -0.451 e. The third-order valence-electron chi connectivity index (χ3n) is 3.63. The second-order valence-electron chi connectivity index (χ2n) is 5.51. The first-order chi connectivity index (χ1) is 12.9. The quantitative estimate of drug-likeness (QED) is 0.665. The number of amides is 3. The zero-order valence-electron chi connectivity index (χ0n) is 14.4. The molecule has 0 radical (unpaired) electrons. The molecule has 27 heavy (non-hydrogen) atoms. The minimum absolute atomic E-state index is 0.286. The second kappa shape index (κ2) is 7.54. The number of nitrogens with zero attached hydrogens (tertiary/aromatic N) is 2. The summed E-state index contributed by atoms with van der Waals surface area (Å²) in [5, 5.41) is 9.38. The van der Waals surface area contributed by atoms with Crippen LogP contribution in [0.1, 0.15) is 15.4 Å². The maximum absolute atomic E-state index is 13.1. The Labute approximate surface area is 156 Å². The van der Waals surface area contributed by atoms with Gasteiger partial charge >= 0.3 is 12.0 Å². The van der Waals surface area contributed by atoms with Gasteiger partial charge in [0.15, 0.2) is 6.61 Å². The monoisotopic (exact) mass is 390 g/mol. The molecular weight excluding hydrogens is 375 g/mol. The minimum atomic E-state index is -0.738. The van der Waals surface area contributed by atoms with Crippen molar-refractivity contribution in [1.29, 1.82) is 0 Å². The maximum atomic E-state index is 13.1. The van der Waals surface area contributed by atoms with E-state index in [2.05, 4.69) is 10.4 Å². The van der Waals surface area contributed by atoms with Crippen LogP contribution in [0.2, 0.25) is 0 Å². The standard InChI is InChI=1S/C17H15FN4O4S/c1-9-12-7-13(16(24)26-8-14(23)20-17(25)19-2)27-15(12)22(21-9)11-5-3-10(18)4-6-11/h3-7H,8H2,1-2H3,(H2,19,20,23,25). The first-order valence-electron chi connectivity index (χ1n) is 7.83. The number of esters is 1. The number of imide groups is 1. The van der Waals surface area contributed by atoms with E-state index in [1.165, 1.54) is 19.2 Å². The number of hydrogen-bond acceptors (Lipinski definition) is 6. The largest absolute Gasteiger partial charge is 0.451 e. The van der Waals surface area contributed by atoms with Crippen LogP contribution in [0.25, 0.3) is 15.9 Å². The van der Waals surface area contributed by atoms with Gasteiger partial charge in [0, 0.05) is 12.4 Å². The van der Waals surface area contributed by atoms with Gasteiger partial charge in [0.1, 0.15) is 15.5 Å². The Morgan fingerprint density at radius 3 is 2.63 bits per heavy atom. The van der Waals surface area contributed by atoms with Gasteiger partial charge < -0.3 is 10.1 Å². The number of halogens is 1. The van der Waals surface area contributed by atoms with Gasteiger partial charge in [0.2, 0.25) is 0 Å². The SMILES string of the molecule is CNC(=O)NC(=O)COC(=O)c1cc2c(C)nn(-c3ccc(F)cc3)c2s1. The predicted molar refractivity (Wildman–Crippen MR) is 96.5 cm³/mol. The molecule has 0 saturated carbocycles. The third kappa shape index (κ3) is 3.95. The van der Waals surface area contributed by atoms with Gasteiger partial charge in [-0.15, -0.1) is 11.3 Å². The number of carbonyl (C=O) groups is 3. The lowest BCUT2D eigenvalue weighted by Crippen LogP contribution is -2.39. The summed E-state index contributed by atoms with van der Waals surface area (Å²) in [6, 6.07) is 6.76. The molecule has 0 unspecified atom stereocenters. The maximum Gasteiger partial charge on any atom is 0.348 e. The number of nitrogens with one attached hydrogen (secondary N) is 2. The Morgan fingerprint density at radius 1 is 1.26 bits per heavy atom. The Morgan fingerprint density at radius 2 is 1.96 bits per heavy atom. The molecule has 2 N–H and O–H groups in total. The molecule has 3 aromatic rings. The topological polar surface area (TPSA) is 102 Å². The highest BCUT2D eigenvalue weighted by atomic mass is 32.1. The number of ether oxygens (including phenoxy) is 1. The van der Waals surface area contributed by atoms with Crippen LogP contribution >= 0.6 is 11.3 Å². The highest BCUT2D eigenvalue weighted by Gasteiger charge is 2.19. The van der Waals surface area contributed by atoms with Crippen molar-refractivity contribution < 1.29 is 23.5 Å². The van der Waals surface area contributed by atoms with E-state index in [4.69, 9.17) is 4.74 Å². The number of benzene rings is 1. The summed E-state index contributed by atoms with van der Waals surface area (Å²) in [5.41, 5.74) is 1.35. The van der Waals surface area contributed by atoms with Crippen molar-refractivity contribution in [3.8, 4) is 5.69 Å². The van der Waals surface area contributed by atoms with Crippen molar-refractivity contribution in [2.24, 2.45) is 0 Å². The van der Waals surface area contributed by atoms with Crippen molar-refractivity contribution in [3.63, 3.8) is 0 Å². The molecule has 8 nitrogen and oxygen atoms in total. The van der Waals surface area contributed by atoms with Crippen molar-refractivity contribution in [3.05, 3.63) is 46.7 Å². The summed E-state index contributed by atoms with van der Waals surface area (Å²) in [4.78, 5) is 35.7. The van der Waals surface area contributed by atoms with E-state index in [0.717, 1.165) is 16.7 Å². The first kappa shape index (κ1) is 18.5. The van der Waals surface area contributed by atoms with Crippen molar-refractivity contribution >= 4 is 39.5 Å². The van der Waals surface area contributed by atoms with Crippen LogP contribution in [-0.2, 0) is 9.53 Å². The average molecular weight is 390 g/mol. The molecule has 0 atom stereocenters. The summed E-state index contributed by atoms with van der Waals surface area (Å²) >= 11 is 1.14. The van der Waals surface area contributed by atoms with Crippen LogP contribution in [0.3, 0.4) is 0 Å². The van der Waals surface area contributed by atoms with Gasteiger partial charge in [-0.2, -0.15) is 5.10 Å². The van der Waals surface area contributed by atoms with E-state index in [0.29, 0.717) is 16.2 Å². The van der Waals surface area contributed by atoms with E-state index >= 15 is 0 Å². The average Bonchev–Trinajstić information content (AvgIpc) is 3.21. The van der Waals surface area contributed by atoms with Gasteiger partial charge in [0.05, 0.1) is 11.4 Å². The molecular formula is C17H15FN4O4S. The fraction of sp³-hybridized carbons (Fsp3) is 0.176. The van der Waals surface area contributed by atoms with Crippen LogP contribution in [0.4, 0.5) is 9.18 Å². The number of aromatic nitrogens is 2. The van der Waals surface area contributed by atoms with Crippen LogP contribution in [0, 0.1) is 12.7 Å². The first-order valence-corrected chi connectivity index (χ1v) is 8.64. The van der Waals surface area contributed by atoms with E-state index < -0.39 is 24.5 Å². The van der Waals surface area contributed by atoms with Crippen molar-refractivity contribution in [2.45, 2.75) is 6.92 Å². The molecule has 0 saturated heterocycles. The number of urea groups is 1. The second-order valence-corrected chi connectivity index (χ2v) is 6.54. The molecule has 0 aliphatic rings. The fourth-order valence-electron chi connectivity index (χ4n) is 2.33. The number of fused-ring (bicyclic) bond motifs is 1. The Balaban J connectivity index is 1.79. The molecule has 0 bridgehead atoms. The zero-order chi connectivity index (χ0) is 19.6. The number of hydrogen-bond donors (Lipinski definition) is 2. The van der Waals surface area contributed by atoms with Crippen molar-refractivity contribution in [2.75, 3.05) is 13.7 Å². The van der Waals surface area contributed by atoms with E-state index in [1.54, 1.807) is 29.8 Å². The van der Waals surface area contributed by atoms with E-state index in [-0.39, 0.29) is 10.7 Å². The molecule has 140 valence electrons.